The second-order valence-electron chi connectivity index (χ2n) is 4.00. The summed E-state index contributed by atoms with van der Waals surface area (Å²) in [5, 5.41) is 0. The summed E-state index contributed by atoms with van der Waals surface area (Å²) in [7, 11) is 0. The SMILES string of the molecule is Cc1cc(C)n(Cc2ccc(N)nc2)c(=O)n1. The van der Waals surface area contributed by atoms with Crippen molar-refractivity contribution in [1.82, 2.24) is 14.5 Å². The summed E-state index contributed by atoms with van der Waals surface area (Å²) in [6.07, 6.45) is 1.67. The number of aromatic nitrogens is 3. The number of hydrogen-bond acceptors (Lipinski definition) is 4. The molecule has 0 amide bonds. The van der Waals surface area contributed by atoms with Crippen molar-refractivity contribution in [3.05, 3.63) is 51.8 Å². The molecule has 0 aliphatic heterocycles. The van der Waals surface area contributed by atoms with Gasteiger partial charge >= 0.3 is 5.69 Å². The standard InChI is InChI=1S/C12H14N4O/c1-8-5-9(2)16(12(17)15-8)7-10-3-4-11(13)14-6-10/h3-6H,7H2,1-2H3,(H2,13,14). The minimum atomic E-state index is -0.237. The van der Waals surface area contributed by atoms with Crippen LogP contribution in [0.2, 0.25) is 0 Å². The molecule has 0 saturated carbocycles. The zero-order valence-electron chi connectivity index (χ0n) is 9.84. The molecule has 0 aromatic carbocycles. The molecule has 0 radical (unpaired) electrons. The Morgan fingerprint density at radius 1 is 1.35 bits per heavy atom. The molecule has 2 heterocycles. The molecule has 5 nitrogen and oxygen atoms in total. The van der Waals surface area contributed by atoms with E-state index < -0.39 is 0 Å². The van der Waals surface area contributed by atoms with E-state index in [9.17, 15) is 4.79 Å². The molecule has 17 heavy (non-hydrogen) atoms. The van der Waals surface area contributed by atoms with Crippen molar-refractivity contribution in [1.29, 1.82) is 0 Å². The van der Waals surface area contributed by atoms with Gasteiger partial charge in [0.1, 0.15) is 5.82 Å². The van der Waals surface area contributed by atoms with Crippen LogP contribution in [0.4, 0.5) is 5.82 Å². The highest BCUT2D eigenvalue weighted by molar-refractivity contribution is 5.29. The lowest BCUT2D eigenvalue weighted by atomic mass is 10.2. The van der Waals surface area contributed by atoms with Crippen molar-refractivity contribution in [3.63, 3.8) is 0 Å². The van der Waals surface area contributed by atoms with E-state index in [1.54, 1.807) is 16.8 Å². The number of nitrogen functional groups attached to an aromatic ring is 1. The van der Waals surface area contributed by atoms with Crippen molar-refractivity contribution in [2.75, 3.05) is 5.73 Å². The van der Waals surface area contributed by atoms with E-state index in [-0.39, 0.29) is 5.69 Å². The van der Waals surface area contributed by atoms with Crippen LogP contribution in [0.3, 0.4) is 0 Å². The summed E-state index contributed by atoms with van der Waals surface area (Å²) in [5.41, 5.74) is 7.82. The van der Waals surface area contributed by atoms with Gasteiger partial charge in [0.2, 0.25) is 0 Å². The van der Waals surface area contributed by atoms with E-state index in [1.165, 1.54) is 0 Å². The predicted octanol–water partition coefficient (Wildman–Crippen LogP) is 0.886. The molecule has 0 aliphatic rings. The van der Waals surface area contributed by atoms with Crippen LogP contribution in [0, 0.1) is 13.8 Å². The van der Waals surface area contributed by atoms with Crippen molar-refractivity contribution >= 4 is 5.82 Å². The minimum Gasteiger partial charge on any atom is -0.384 e. The Morgan fingerprint density at radius 3 is 2.71 bits per heavy atom. The first-order chi connectivity index (χ1) is 8.06. The fraction of sp³-hybridized carbons (Fsp3) is 0.250. The van der Waals surface area contributed by atoms with E-state index in [1.807, 2.05) is 26.0 Å². The Bertz CT molecular complexity index is 586. The third-order valence-electron chi connectivity index (χ3n) is 2.53. The molecule has 0 bridgehead atoms. The Hall–Kier alpha value is -2.17. The monoisotopic (exact) mass is 230 g/mol. The lowest BCUT2D eigenvalue weighted by Gasteiger charge is -2.09. The number of aryl methyl sites for hydroxylation is 2. The van der Waals surface area contributed by atoms with E-state index in [0.717, 1.165) is 17.0 Å². The van der Waals surface area contributed by atoms with Crippen LogP contribution in [-0.4, -0.2) is 14.5 Å². The lowest BCUT2D eigenvalue weighted by molar-refractivity contribution is 0.692. The summed E-state index contributed by atoms with van der Waals surface area (Å²) >= 11 is 0. The molecule has 88 valence electrons. The molecular formula is C12H14N4O. The van der Waals surface area contributed by atoms with Crippen LogP contribution in [0.1, 0.15) is 17.0 Å². The van der Waals surface area contributed by atoms with Gasteiger partial charge in [0.15, 0.2) is 0 Å². The second kappa shape index (κ2) is 4.37. The third kappa shape index (κ3) is 2.50. The lowest BCUT2D eigenvalue weighted by Crippen LogP contribution is -2.26. The third-order valence-corrected chi connectivity index (χ3v) is 2.53. The molecule has 5 heteroatoms. The van der Waals surface area contributed by atoms with Crippen molar-refractivity contribution in [2.24, 2.45) is 0 Å². The molecule has 0 fully saturated rings. The number of anilines is 1. The first-order valence-corrected chi connectivity index (χ1v) is 5.32. The zero-order valence-corrected chi connectivity index (χ0v) is 9.84. The van der Waals surface area contributed by atoms with Crippen molar-refractivity contribution < 1.29 is 0 Å². The van der Waals surface area contributed by atoms with Crippen molar-refractivity contribution in [3.8, 4) is 0 Å². The molecule has 2 aromatic rings. The van der Waals surface area contributed by atoms with Gasteiger partial charge in [0.25, 0.3) is 0 Å². The van der Waals surface area contributed by atoms with Gasteiger partial charge in [-0.1, -0.05) is 6.07 Å². The predicted molar refractivity (Wildman–Crippen MR) is 65.7 cm³/mol. The highest BCUT2D eigenvalue weighted by Crippen LogP contribution is 2.05. The Labute approximate surface area is 99.0 Å². The van der Waals surface area contributed by atoms with Gasteiger partial charge in [-0.2, -0.15) is 4.98 Å². The van der Waals surface area contributed by atoms with Crippen LogP contribution in [0.25, 0.3) is 0 Å². The van der Waals surface area contributed by atoms with E-state index in [2.05, 4.69) is 9.97 Å². The van der Waals surface area contributed by atoms with Gasteiger partial charge in [-0.15, -0.1) is 0 Å². The first-order valence-electron chi connectivity index (χ1n) is 5.32. The maximum atomic E-state index is 11.7. The van der Waals surface area contributed by atoms with Gasteiger partial charge in [-0.25, -0.2) is 9.78 Å². The van der Waals surface area contributed by atoms with Gasteiger partial charge in [-0.05, 0) is 31.5 Å². The van der Waals surface area contributed by atoms with Crippen molar-refractivity contribution in [2.45, 2.75) is 20.4 Å². The summed E-state index contributed by atoms with van der Waals surface area (Å²) in [4.78, 5) is 19.6. The number of pyridine rings is 1. The molecule has 0 unspecified atom stereocenters. The molecule has 0 atom stereocenters. The van der Waals surface area contributed by atoms with Crippen LogP contribution in [0.5, 0.6) is 0 Å². The average molecular weight is 230 g/mol. The first kappa shape index (κ1) is 11.3. The minimum absolute atomic E-state index is 0.237. The zero-order chi connectivity index (χ0) is 12.4. The molecule has 2 N–H and O–H groups in total. The second-order valence-corrected chi connectivity index (χ2v) is 4.00. The molecule has 2 aromatic heterocycles. The Balaban J connectivity index is 2.36. The molecule has 0 saturated heterocycles. The molecule has 0 aliphatic carbocycles. The summed E-state index contributed by atoms with van der Waals surface area (Å²) in [6.45, 7) is 4.16. The fourth-order valence-corrected chi connectivity index (χ4v) is 1.68. The summed E-state index contributed by atoms with van der Waals surface area (Å²) in [5.74, 6) is 0.472. The van der Waals surface area contributed by atoms with E-state index in [4.69, 9.17) is 5.73 Å². The average Bonchev–Trinajstić information content (AvgIpc) is 2.26. The maximum Gasteiger partial charge on any atom is 0.348 e. The van der Waals surface area contributed by atoms with Gasteiger partial charge < -0.3 is 5.73 Å². The van der Waals surface area contributed by atoms with Crippen LogP contribution in [-0.2, 0) is 6.54 Å². The summed E-state index contributed by atoms with van der Waals surface area (Å²) in [6, 6.07) is 5.46. The van der Waals surface area contributed by atoms with Crippen LogP contribution < -0.4 is 11.4 Å². The maximum absolute atomic E-state index is 11.7. The van der Waals surface area contributed by atoms with Gasteiger partial charge in [0.05, 0.1) is 6.54 Å². The topological polar surface area (TPSA) is 73.8 Å². The Kier molecular flexibility index (Phi) is 2.91. The largest absolute Gasteiger partial charge is 0.384 e. The normalized spacial score (nSPS) is 10.5. The number of nitrogens with two attached hydrogens (primary N) is 1. The van der Waals surface area contributed by atoms with E-state index in [0.29, 0.717) is 12.4 Å². The van der Waals surface area contributed by atoms with Crippen LogP contribution in [0.15, 0.2) is 29.2 Å². The van der Waals surface area contributed by atoms with E-state index >= 15 is 0 Å². The van der Waals surface area contributed by atoms with Crippen LogP contribution >= 0.6 is 0 Å². The smallest absolute Gasteiger partial charge is 0.348 e. The molecule has 2 rings (SSSR count). The molecular weight excluding hydrogens is 216 g/mol. The van der Waals surface area contributed by atoms with Gasteiger partial charge in [-0.3, -0.25) is 4.57 Å². The highest BCUT2D eigenvalue weighted by atomic mass is 16.1. The number of hydrogen-bond donors (Lipinski definition) is 1. The Morgan fingerprint density at radius 2 is 2.12 bits per heavy atom. The van der Waals surface area contributed by atoms with Gasteiger partial charge in [0, 0.05) is 17.6 Å². The molecule has 0 spiro atoms. The fourth-order valence-electron chi connectivity index (χ4n) is 1.68. The number of rotatable bonds is 2. The highest BCUT2D eigenvalue weighted by Gasteiger charge is 2.04. The summed E-state index contributed by atoms with van der Waals surface area (Å²) < 4.78 is 1.61. The number of nitrogens with zero attached hydrogens (tertiary/aromatic N) is 3. The quantitative estimate of drug-likeness (QED) is 0.831.